The van der Waals surface area contributed by atoms with Crippen molar-refractivity contribution < 1.29 is 30.8 Å². The van der Waals surface area contributed by atoms with Gasteiger partial charge in [-0.2, -0.15) is 8.42 Å². The van der Waals surface area contributed by atoms with E-state index in [1.54, 1.807) is 18.2 Å². The Kier molecular flexibility index (Phi) is 7.11. The van der Waals surface area contributed by atoms with Crippen LogP contribution in [0.4, 0.5) is 15.8 Å². The van der Waals surface area contributed by atoms with E-state index in [0.29, 0.717) is 42.9 Å². The molecule has 1 saturated carbocycles. The molecule has 0 aromatic heterocycles. The molecule has 2 N–H and O–H groups in total. The summed E-state index contributed by atoms with van der Waals surface area (Å²) in [5.41, 5.74) is 0.843. The fourth-order valence-corrected chi connectivity index (χ4v) is 10.1. The molecular formula is C31H33FN3O6S2+. The Labute approximate surface area is 250 Å². The number of carbonyl (C=O) groups is 2. The zero-order valence-electron chi connectivity index (χ0n) is 23.8. The van der Waals surface area contributed by atoms with Gasteiger partial charge in [-0.05, 0) is 93.4 Å². The second-order valence-electron chi connectivity index (χ2n) is 11.8. The largest absolute Gasteiger partial charge is 0.339 e. The second-order valence-corrected chi connectivity index (χ2v) is 15.8. The molecule has 6 rings (SSSR count). The average Bonchev–Trinajstić information content (AvgIpc) is 3.77. The van der Waals surface area contributed by atoms with Gasteiger partial charge >= 0.3 is 15.9 Å². The van der Waals surface area contributed by atoms with Crippen LogP contribution in [0, 0.1) is 11.7 Å². The number of nitrogens with one attached hydrogen (secondary N) is 2. The van der Waals surface area contributed by atoms with Crippen LogP contribution in [0.5, 0.6) is 0 Å². The van der Waals surface area contributed by atoms with Crippen molar-refractivity contribution in [1.29, 1.82) is 0 Å². The fourth-order valence-electron chi connectivity index (χ4n) is 7.22. The third-order valence-electron chi connectivity index (χ3n) is 9.15. The van der Waals surface area contributed by atoms with Crippen LogP contribution in [0.1, 0.15) is 48.5 Å². The number of piperidine rings is 1. The number of fused-ring (bicyclic) bond motifs is 2. The van der Waals surface area contributed by atoms with E-state index >= 15 is 0 Å². The van der Waals surface area contributed by atoms with Gasteiger partial charge in [-0.25, -0.2) is 17.6 Å². The summed E-state index contributed by atoms with van der Waals surface area (Å²) in [6, 6.07) is 14.7. The first-order valence-electron chi connectivity index (χ1n) is 14.2. The number of amides is 2. The van der Waals surface area contributed by atoms with Crippen molar-refractivity contribution in [1.82, 2.24) is 9.21 Å². The summed E-state index contributed by atoms with van der Waals surface area (Å²) in [6.45, 7) is 2.54. The van der Waals surface area contributed by atoms with Crippen molar-refractivity contribution in [2.24, 2.45) is 5.92 Å². The van der Waals surface area contributed by atoms with Crippen molar-refractivity contribution in [3.05, 3.63) is 83.7 Å². The van der Waals surface area contributed by atoms with Crippen LogP contribution < -0.4 is 14.5 Å². The third kappa shape index (κ3) is 4.62. The Balaban J connectivity index is 1.53. The predicted molar refractivity (Wildman–Crippen MR) is 160 cm³/mol. The highest BCUT2D eigenvalue weighted by molar-refractivity contribution is 7.91. The first-order chi connectivity index (χ1) is 20.3. The molecule has 0 radical (unpaired) electrons. The summed E-state index contributed by atoms with van der Waals surface area (Å²) in [5, 5.41) is 6.12. The molecule has 2 unspecified atom stereocenters. The van der Waals surface area contributed by atoms with Gasteiger partial charge in [-0.1, -0.05) is 6.07 Å². The predicted octanol–water partition coefficient (Wildman–Crippen LogP) is 4.14. The van der Waals surface area contributed by atoms with E-state index in [-0.39, 0.29) is 21.3 Å². The molecule has 3 aromatic rings. The highest BCUT2D eigenvalue weighted by atomic mass is 32.2. The summed E-state index contributed by atoms with van der Waals surface area (Å²) in [5.74, 6) is -1.65. The van der Waals surface area contributed by atoms with E-state index in [1.165, 1.54) is 43.3 Å². The lowest BCUT2D eigenvalue weighted by atomic mass is 9.68. The van der Waals surface area contributed by atoms with E-state index in [4.69, 9.17) is 0 Å². The average molecular weight is 627 g/mol. The lowest BCUT2D eigenvalue weighted by Crippen LogP contribution is -2.67. The smallest absolute Gasteiger partial charge is 0.322 e. The van der Waals surface area contributed by atoms with E-state index in [1.807, 2.05) is 0 Å². The number of halogens is 1. The topological polar surface area (TPSA) is 126 Å². The SMILES string of the molecule is CC(=O)[N+]1(S(=O)(=O)c2ccc(F)cc2)c2ccc(C(=O)Nc3cccc(S(C)(=O)=O)c3)cc2C2(CCNCC2)C1C1CC1. The Morgan fingerprint density at radius 1 is 0.930 bits per heavy atom. The maximum absolute atomic E-state index is 14.7. The van der Waals surface area contributed by atoms with Gasteiger partial charge in [-0.15, -0.1) is 3.89 Å². The summed E-state index contributed by atoms with van der Waals surface area (Å²) in [4.78, 5) is 27.4. The molecule has 43 heavy (non-hydrogen) atoms. The molecule has 1 aliphatic carbocycles. The molecule has 9 nitrogen and oxygen atoms in total. The number of benzene rings is 3. The zero-order valence-corrected chi connectivity index (χ0v) is 25.5. The van der Waals surface area contributed by atoms with Crippen molar-refractivity contribution in [3.8, 4) is 0 Å². The van der Waals surface area contributed by atoms with Crippen LogP contribution in [-0.4, -0.2) is 54.0 Å². The quantitative estimate of drug-likeness (QED) is 0.394. The second kappa shape index (κ2) is 10.3. The number of anilines is 1. The van der Waals surface area contributed by atoms with Crippen LogP contribution in [-0.2, 0) is 30.1 Å². The van der Waals surface area contributed by atoms with E-state index < -0.39 is 52.8 Å². The lowest BCUT2D eigenvalue weighted by Gasteiger charge is -2.43. The minimum Gasteiger partial charge on any atom is -0.322 e. The van der Waals surface area contributed by atoms with Gasteiger partial charge in [-0.3, -0.25) is 4.79 Å². The molecule has 2 fully saturated rings. The standard InChI is InChI=1S/C31H32FN3O6S2/c1-20(36)35(43(40,41)25-11-9-23(32)10-12-25)28-13-8-22(30(37)34-24-4-3-5-26(19-24)42(2,38)39)18-27(28)31(14-16-33-17-15-31)29(35)21-6-7-21/h3-5,8-13,18-19,21,29,33H,6-7,14-17H2,1-2H3/p+1. The summed E-state index contributed by atoms with van der Waals surface area (Å²) >= 11 is 0. The molecule has 1 spiro atoms. The molecule has 226 valence electrons. The molecule has 2 heterocycles. The van der Waals surface area contributed by atoms with Gasteiger partial charge in [0.05, 0.1) is 17.2 Å². The number of hydrogen-bond acceptors (Lipinski definition) is 7. The first kappa shape index (κ1) is 29.6. The summed E-state index contributed by atoms with van der Waals surface area (Å²) < 4.78 is 66.4. The number of sulfone groups is 1. The van der Waals surface area contributed by atoms with Gasteiger partial charge in [0.25, 0.3) is 5.91 Å². The molecule has 0 bridgehead atoms. The molecule has 3 aromatic carbocycles. The third-order valence-corrected chi connectivity index (χ3v) is 12.6. The van der Waals surface area contributed by atoms with Crippen molar-refractivity contribution >= 4 is 43.0 Å². The lowest BCUT2D eigenvalue weighted by molar-refractivity contribution is -0.126. The Hall–Kier alpha value is -3.45. The molecule has 1 saturated heterocycles. The van der Waals surface area contributed by atoms with Crippen LogP contribution in [0.15, 0.2) is 76.5 Å². The van der Waals surface area contributed by atoms with E-state index in [0.717, 1.165) is 31.2 Å². The monoisotopic (exact) mass is 626 g/mol. The number of rotatable bonds is 6. The number of carbonyl (C=O) groups excluding carboxylic acids is 2. The molecule has 2 aliphatic heterocycles. The van der Waals surface area contributed by atoms with E-state index in [2.05, 4.69) is 10.6 Å². The summed E-state index contributed by atoms with van der Waals surface area (Å²) in [7, 11) is -7.91. The Morgan fingerprint density at radius 3 is 2.21 bits per heavy atom. The minimum absolute atomic E-state index is 0.0272. The normalized spacial score (nSPS) is 23.1. The van der Waals surface area contributed by atoms with Crippen molar-refractivity contribution in [2.75, 3.05) is 24.7 Å². The summed E-state index contributed by atoms with van der Waals surface area (Å²) in [6.07, 6.45) is 3.81. The Bertz CT molecular complexity index is 1850. The number of nitrogens with zero attached hydrogens (tertiary/aromatic N) is 1. The van der Waals surface area contributed by atoms with Crippen molar-refractivity contribution in [3.63, 3.8) is 0 Å². The Morgan fingerprint density at radius 2 is 1.60 bits per heavy atom. The molecule has 3 aliphatic rings. The minimum atomic E-state index is -4.42. The number of quaternary nitrogens is 1. The highest BCUT2D eigenvalue weighted by Gasteiger charge is 2.73. The van der Waals surface area contributed by atoms with Crippen LogP contribution in [0.2, 0.25) is 0 Å². The van der Waals surface area contributed by atoms with Crippen molar-refractivity contribution in [2.45, 2.75) is 53.9 Å². The highest BCUT2D eigenvalue weighted by Crippen LogP contribution is 2.62. The molecule has 2 amide bonds. The van der Waals surface area contributed by atoms with Gasteiger partial charge in [0.15, 0.2) is 15.5 Å². The van der Waals surface area contributed by atoms with Gasteiger partial charge in [0, 0.05) is 35.1 Å². The van der Waals surface area contributed by atoms with Crippen LogP contribution in [0.25, 0.3) is 0 Å². The number of sulfonamides is 1. The van der Waals surface area contributed by atoms with Gasteiger partial charge in [0.1, 0.15) is 16.8 Å². The molecular weight excluding hydrogens is 593 g/mol. The van der Waals surface area contributed by atoms with Crippen LogP contribution in [0.3, 0.4) is 0 Å². The zero-order chi connectivity index (χ0) is 30.8. The van der Waals surface area contributed by atoms with Gasteiger partial charge in [0.2, 0.25) is 0 Å². The fraction of sp³-hybridized carbons (Fsp3) is 0.355. The number of hydrogen-bond donors (Lipinski definition) is 2. The molecule has 12 heteroatoms. The molecule has 2 atom stereocenters. The maximum Gasteiger partial charge on any atom is 0.339 e. The first-order valence-corrected chi connectivity index (χ1v) is 17.5. The van der Waals surface area contributed by atoms with E-state index in [9.17, 15) is 30.8 Å². The van der Waals surface area contributed by atoms with Gasteiger partial charge < -0.3 is 10.6 Å². The maximum atomic E-state index is 14.7. The van der Waals surface area contributed by atoms with Crippen LogP contribution >= 0.6 is 0 Å².